The second-order valence-electron chi connectivity index (χ2n) is 7.94. The number of benzene rings is 1. The van der Waals surface area contributed by atoms with Gasteiger partial charge in [-0.2, -0.15) is 5.10 Å². The third kappa shape index (κ3) is 4.91. The molecule has 1 N–H and O–H groups in total. The van der Waals surface area contributed by atoms with E-state index >= 15 is 0 Å². The third-order valence-corrected chi connectivity index (χ3v) is 5.10. The molecule has 1 aliphatic rings. The minimum atomic E-state index is -0.449. The molecule has 2 heterocycles. The van der Waals surface area contributed by atoms with Crippen LogP contribution in [0.1, 0.15) is 54.5 Å². The van der Waals surface area contributed by atoms with Crippen molar-refractivity contribution in [2.24, 2.45) is 11.8 Å². The summed E-state index contributed by atoms with van der Waals surface area (Å²) in [7, 11) is 0. The molecule has 0 radical (unpaired) electrons. The van der Waals surface area contributed by atoms with Gasteiger partial charge >= 0.3 is 0 Å². The second kappa shape index (κ2) is 9.03. The first-order valence-electron chi connectivity index (χ1n) is 10.2. The maximum absolute atomic E-state index is 13.1. The monoisotopic (exact) mass is 396 g/mol. The number of aromatic nitrogens is 2. The van der Waals surface area contributed by atoms with Crippen LogP contribution < -0.4 is 10.9 Å². The maximum Gasteiger partial charge on any atom is 0.276 e. The van der Waals surface area contributed by atoms with Crippen LogP contribution in [-0.2, 0) is 6.54 Å². The quantitative estimate of drug-likeness (QED) is 0.842. The number of carbonyl (C=O) groups excluding carboxylic acids is 2. The van der Waals surface area contributed by atoms with E-state index in [1.807, 2.05) is 11.8 Å². The molecule has 0 bridgehead atoms. The lowest BCUT2D eigenvalue weighted by molar-refractivity contribution is 0.0624. The predicted octanol–water partition coefficient (Wildman–Crippen LogP) is 3.02. The van der Waals surface area contributed by atoms with E-state index in [1.165, 1.54) is 16.8 Å². The van der Waals surface area contributed by atoms with Crippen LogP contribution in [-0.4, -0.2) is 39.6 Å². The van der Waals surface area contributed by atoms with Crippen molar-refractivity contribution < 1.29 is 9.59 Å². The molecule has 1 aromatic heterocycles. The van der Waals surface area contributed by atoms with Gasteiger partial charge in [0.25, 0.3) is 17.4 Å². The number of para-hydroxylation sites is 1. The van der Waals surface area contributed by atoms with Crippen molar-refractivity contribution in [2.75, 3.05) is 18.4 Å². The van der Waals surface area contributed by atoms with Gasteiger partial charge in [-0.05, 0) is 42.9 Å². The summed E-state index contributed by atoms with van der Waals surface area (Å²) < 4.78 is 1.28. The Kier molecular flexibility index (Phi) is 6.46. The zero-order valence-corrected chi connectivity index (χ0v) is 17.2. The number of nitrogens with one attached hydrogen (secondary N) is 1. The van der Waals surface area contributed by atoms with Crippen molar-refractivity contribution in [3.63, 3.8) is 0 Å². The number of hydrogen-bond acceptors (Lipinski definition) is 4. The standard InChI is InChI=1S/C22H28N4O3/c1-4-11-26-20(27)10-9-19(24-26)21(28)23-18-8-6-5-7-17(18)22(29)25-13-15(2)12-16(3)14-25/h5-10,15-16H,4,11-14H2,1-3H3,(H,23,28). The fourth-order valence-corrected chi connectivity index (χ4v) is 3.91. The Labute approximate surface area is 170 Å². The molecule has 7 nitrogen and oxygen atoms in total. The Morgan fingerprint density at radius 3 is 2.48 bits per heavy atom. The Balaban J connectivity index is 1.82. The van der Waals surface area contributed by atoms with E-state index in [1.54, 1.807) is 24.3 Å². The van der Waals surface area contributed by atoms with Crippen LogP contribution in [0.15, 0.2) is 41.2 Å². The molecule has 0 saturated carbocycles. The fraction of sp³-hybridized carbons (Fsp3) is 0.455. The summed E-state index contributed by atoms with van der Waals surface area (Å²) in [5.74, 6) is 0.375. The summed E-state index contributed by atoms with van der Waals surface area (Å²) in [6.07, 6.45) is 1.85. The van der Waals surface area contributed by atoms with Gasteiger partial charge in [0.15, 0.2) is 0 Å². The molecular weight excluding hydrogens is 368 g/mol. The zero-order chi connectivity index (χ0) is 21.0. The largest absolute Gasteiger partial charge is 0.338 e. The highest BCUT2D eigenvalue weighted by Crippen LogP contribution is 2.25. The summed E-state index contributed by atoms with van der Waals surface area (Å²) in [5, 5.41) is 6.93. The average molecular weight is 396 g/mol. The molecule has 2 aromatic rings. The lowest BCUT2D eigenvalue weighted by atomic mass is 9.91. The van der Waals surface area contributed by atoms with Crippen LogP contribution >= 0.6 is 0 Å². The highest BCUT2D eigenvalue weighted by molar-refractivity contribution is 6.08. The van der Waals surface area contributed by atoms with Gasteiger partial charge in [0.2, 0.25) is 0 Å². The van der Waals surface area contributed by atoms with E-state index in [2.05, 4.69) is 24.3 Å². The average Bonchev–Trinajstić information content (AvgIpc) is 2.69. The molecule has 1 fully saturated rings. The number of piperidine rings is 1. The number of rotatable bonds is 5. The molecular formula is C22H28N4O3. The summed E-state index contributed by atoms with van der Waals surface area (Å²) in [4.78, 5) is 39.5. The molecule has 29 heavy (non-hydrogen) atoms. The molecule has 1 saturated heterocycles. The number of hydrogen-bond donors (Lipinski definition) is 1. The number of amides is 2. The first-order valence-corrected chi connectivity index (χ1v) is 10.2. The molecule has 0 spiro atoms. The lowest BCUT2D eigenvalue weighted by Crippen LogP contribution is -2.42. The van der Waals surface area contributed by atoms with Gasteiger partial charge in [-0.1, -0.05) is 32.9 Å². The molecule has 2 atom stereocenters. The second-order valence-corrected chi connectivity index (χ2v) is 7.94. The van der Waals surface area contributed by atoms with Crippen molar-refractivity contribution >= 4 is 17.5 Å². The van der Waals surface area contributed by atoms with E-state index in [-0.39, 0.29) is 17.2 Å². The van der Waals surface area contributed by atoms with Crippen molar-refractivity contribution in [3.8, 4) is 0 Å². The molecule has 1 aliphatic heterocycles. The van der Waals surface area contributed by atoms with Crippen LogP contribution in [0.4, 0.5) is 5.69 Å². The molecule has 0 aliphatic carbocycles. The number of aryl methyl sites for hydroxylation is 1. The molecule has 2 unspecified atom stereocenters. The predicted molar refractivity (Wildman–Crippen MR) is 112 cm³/mol. The Hall–Kier alpha value is -2.96. The van der Waals surface area contributed by atoms with Gasteiger partial charge < -0.3 is 10.2 Å². The van der Waals surface area contributed by atoms with Gasteiger partial charge in [0, 0.05) is 25.7 Å². The van der Waals surface area contributed by atoms with Gasteiger partial charge in [0.05, 0.1) is 11.3 Å². The summed E-state index contributed by atoms with van der Waals surface area (Å²) in [6.45, 7) is 8.12. The fourth-order valence-electron chi connectivity index (χ4n) is 3.91. The van der Waals surface area contributed by atoms with Crippen LogP contribution in [0.5, 0.6) is 0 Å². The molecule has 7 heteroatoms. The normalized spacial score (nSPS) is 19.1. The van der Waals surface area contributed by atoms with Crippen LogP contribution in [0, 0.1) is 11.8 Å². The minimum absolute atomic E-state index is 0.0804. The Bertz CT molecular complexity index is 943. The number of anilines is 1. The van der Waals surface area contributed by atoms with E-state index in [0.717, 1.165) is 25.9 Å². The zero-order valence-electron chi connectivity index (χ0n) is 17.2. The lowest BCUT2D eigenvalue weighted by Gasteiger charge is -2.35. The highest BCUT2D eigenvalue weighted by atomic mass is 16.2. The van der Waals surface area contributed by atoms with E-state index in [0.29, 0.717) is 29.6 Å². The van der Waals surface area contributed by atoms with E-state index in [4.69, 9.17) is 0 Å². The van der Waals surface area contributed by atoms with Crippen LogP contribution in [0.25, 0.3) is 0 Å². The van der Waals surface area contributed by atoms with Gasteiger partial charge in [0.1, 0.15) is 5.69 Å². The minimum Gasteiger partial charge on any atom is -0.338 e. The van der Waals surface area contributed by atoms with Gasteiger partial charge in [-0.3, -0.25) is 14.4 Å². The van der Waals surface area contributed by atoms with Gasteiger partial charge in [-0.15, -0.1) is 0 Å². The first-order chi connectivity index (χ1) is 13.9. The highest BCUT2D eigenvalue weighted by Gasteiger charge is 2.27. The molecule has 1 aromatic carbocycles. The van der Waals surface area contributed by atoms with Gasteiger partial charge in [-0.25, -0.2) is 4.68 Å². The number of likely N-dealkylation sites (tertiary alicyclic amines) is 1. The topological polar surface area (TPSA) is 84.3 Å². The molecule has 2 amide bonds. The molecule has 154 valence electrons. The first kappa shape index (κ1) is 20.8. The van der Waals surface area contributed by atoms with Crippen molar-refractivity contribution in [1.82, 2.24) is 14.7 Å². The third-order valence-electron chi connectivity index (χ3n) is 5.10. The molecule has 3 rings (SSSR count). The Morgan fingerprint density at radius 2 is 1.79 bits per heavy atom. The van der Waals surface area contributed by atoms with E-state index in [9.17, 15) is 14.4 Å². The summed E-state index contributed by atoms with van der Waals surface area (Å²) in [5.41, 5.74) is 0.806. The van der Waals surface area contributed by atoms with E-state index < -0.39 is 5.91 Å². The SMILES string of the molecule is CCCn1nc(C(=O)Nc2ccccc2C(=O)N2CC(C)CC(C)C2)ccc1=O. The summed E-state index contributed by atoms with van der Waals surface area (Å²) in [6, 6.07) is 9.75. The van der Waals surface area contributed by atoms with Crippen molar-refractivity contribution in [2.45, 2.75) is 40.2 Å². The van der Waals surface area contributed by atoms with Crippen LogP contribution in [0.2, 0.25) is 0 Å². The van der Waals surface area contributed by atoms with Crippen molar-refractivity contribution in [1.29, 1.82) is 0 Å². The Morgan fingerprint density at radius 1 is 1.10 bits per heavy atom. The summed E-state index contributed by atoms with van der Waals surface area (Å²) >= 11 is 0. The van der Waals surface area contributed by atoms with Crippen LogP contribution in [0.3, 0.4) is 0 Å². The number of nitrogens with zero attached hydrogens (tertiary/aromatic N) is 3. The number of carbonyl (C=O) groups is 2. The smallest absolute Gasteiger partial charge is 0.276 e. The maximum atomic E-state index is 13.1. The van der Waals surface area contributed by atoms with Crippen molar-refractivity contribution in [3.05, 3.63) is 58.0 Å².